The Balaban J connectivity index is 0.00000264. The Morgan fingerprint density at radius 2 is 2.00 bits per heavy atom. The van der Waals surface area contributed by atoms with Crippen LogP contribution in [0, 0.1) is 13.8 Å². The van der Waals surface area contributed by atoms with E-state index < -0.39 is 0 Å². The summed E-state index contributed by atoms with van der Waals surface area (Å²) in [5.41, 5.74) is 10.1. The zero-order valence-electron chi connectivity index (χ0n) is 14.3. The molecule has 24 heavy (non-hydrogen) atoms. The van der Waals surface area contributed by atoms with Gasteiger partial charge in [0.1, 0.15) is 5.75 Å². The molecule has 0 bridgehead atoms. The van der Waals surface area contributed by atoms with Gasteiger partial charge in [-0.2, -0.15) is 5.10 Å². The number of nitrogen functional groups attached to an aromatic ring is 1. The van der Waals surface area contributed by atoms with Crippen LogP contribution < -0.4 is 15.8 Å². The molecule has 1 heterocycles. The number of aromatic nitrogens is 2. The number of benzene rings is 1. The molecule has 0 radical (unpaired) electrons. The van der Waals surface area contributed by atoms with Crippen LogP contribution >= 0.6 is 24.8 Å². The third kappa shape index (κ3) is 5.04. The van der Waals surface area contributed by atoms with E-state index in [1.54, 1.807) is 25.3 Å². The number of nitrogens with zero attached hydrogens (tertiary/aromatic N) is 2. The van der Waals surface area contributed by atoms with Crippen molar-refractivity contribution in [1.29, 1.82) is 0 Å². The molecule has 6 nitrogen and oxygen atoms in total. The number of hydrogen-bond donors (Lipinski definition) is 2. The van der Waals surface area contributed by atoms with Gasteiger partial charge in [0.05, 0.1) is 24.2 Å². The predicted molar refractivity (Wildman–Crippen MR) is 102 cm³/mol. The van der Waals surface area contributed by atoms with E-state index in [-0.39, 0.29) is 30.7 Å². The van der Waals surface area contributed by atoms with Crippen LogP contribution in [0.3, 0.4) is 0 Å². The van der Waals surface area contributed by atoms with E-state index in [0.717, 1.165) is 17.0 Å². The molecule has 1 aromatic carbocycles. The fraction of sp³-hybridized carbons (Fsp3) is 0.375. The van der Waals surface area contributed by atoms with Crippen molar-refractivity contribution < 1.29 is 9.53 Å². The molecule has 0 aliphatic rings. The topological polar surface area (TPSA) is 82.2 Å². The van der Waals surface area contributed by atoms with Crippen molar-refractivity contribution in [3.8, 4) is 5.75 Å². The number of anilines is 2. The van der Waals surface area contributed by atoms with Crippen LogP contribution in [0.25, 0.3) is 0 Å². The van der Waals surface area contributed by atoms with Crippen molar-refractivity contribution in [2.45, 2.75) is 26.7 Å². The van der Waals surface area contributed by atoms with Crippen molar-refractivity contribution in [3.63, 3.8) is 0 Å². The van der Waals surface area contributed by atoms with Gasteiger partial charge in [-0.3, -0.25) is 9.48 Å². The van der Waals surface area contributed by atoms with Gasteiger partial charge in [0.15, 0.2) is 0 Å². The number of amides is 1. The summed E-state index contributed by atoms with van der Waals surface area (Å²) in [7, 11) is 3.48. The minimum absolute atomic E-state index is 0. The van der Waals surface area contributed by atoms with Gasteiger partial charge in [0.2, 0.25) is 5.91 Å². The van der Waals surface area contributed by atoms with Crippen LogP contribution in [0.2, 0.25) is 0 Å². The molecule has 8 heteroatoms. The summed E-state index contributed by atoms with van der Waals surface area (Å²) in [5, 5.41) is 7.19. The lowest BCUT2D eigenvalue weighted by Gasteiger charge is -2.10. The highest BCUT2D eigenvalue weighted by molar-refractivity contribution is 5.94. The van der Waals surface area contributed by atoms with Crippen LogP contribution in [0.4, 0.5) is 11.4 Å². The highest BCUT2D eigenvalue weighted by Crippen LogP contribution is 2.24. The van der Waals surface area contributed by atoms with Gasteiger partial charge < -0.3 is 15.8 Å². The Kier molecular flexibility index (Phi) is 8.64. The van der Waals surface area contributed by atoms with Gasteiger partial charge in [-0.1, -0.05) is 0 Å². The Hall–Kier alpha value is -1.92. The fourth-order valence-corrected chi connectivity index (χ4v) is 2.40. The second kappa shape index (κ2) is 9.39. The average Bonchev–Trinajstić information content (AvgIpc) is 2.72. The predicted octanol–water partition coefficient (Wildman–Crippen LogP) is 3.04. The number of carbonyl (C=O) groups excluding carboxylic acids is 1. The number of halogens is 2. The van der Waals surface area contributed by atoms with Crippen molar-refractivity contribution in [2.24, 2.45) is 7.05 Å². The Morgan fingerprint density at radius 3 is 2.54 bits per heavy atom. The summed E-state index contributed by atoms with van der Waals surface area (Å²) in [6.45, 7) is 3.97. The molecule has 134 valence electrons. The molecule has 0 aliphatic carbocycles. The molecule has 0 fully saturated rings. The van der Waals surface area contributed by atoms with Crippen molar-refractivity contribution >= 4 is 42.1 Å². The molecule has 1 aromatic heterocycles. The van der Waals surface area contributed by atoms with E-state index in [0.29, 0.717) is 30.0 Å². The number of methoxy groups -OCH3 is 1. The number of nitrogens with two attached hydrogens (primary N) is 1. The molecular formula is C16H24Cl2N4O2. The highest BCUT2D eigenvalue weighted by atomic mass is 35.5. The first-order valence-electron chi connectivity index (χ1n) is 7.14. The SMILES string of the molecule is COc1ccc(N)c(NC(=O)CCc2c(C)nn(C)c2C)c1.Cl.Cl. The molecule has 0 unspecified atom stereocenters. The van der Waals surface area contributed by atoms with E-state index >= 15 is 0 Å². The second-order valence-corrected chi connectivity index (χ2v) is 5.27. The number of carbonyl (C=O) groups is 1. The van der Waals surface area contributed by atoms with E-state index in [4.69, 9.17) is 10.5 Å². The van der Waals surface area contributed by atoms with E-state index in [1.807, 2.05) is 25.6 Å². The Bertz CT molecular complexity index is 702. The third-order valence-electron chi connectivity index (χ3n) is 3.80. The molecule has 0 atom stereocenters. The van der Waals surface area contributed by atoms with Crippen LogP contribution in [0.5, 0.6) is 5.75 Å². The second-order valence-electron chi connectivity index (χ2n) is 5.27. The van der Waals surface area contributed by atoms with Gasteiger partial charge in [-0.05, 0) is 38.0 Å². The first-order valence-corrected chi connectivity index (χ1v) is 7.14. The molecule has 2 rings (SSSR count). The lowest BCUT2D eigenvalue weighted by atomic mass is 10.1. The smallest absolute Gasteiger partial charge is 0.224 e. The van der Waals surface area contributed by atoms with Crippen molar-refractivity contribution in [3.05, 3.63) is 35.2 Å². The first kappa shape index (κ1) is 22.1. The minimum Gasteiger partial charge on any atom is -0.497 e. The van der Waals surface area contributed by atoms with E-state index in [1.165, 1.54) is 0 Å². The number of nitrogens with one attached hydrogen (secondary N) is 1. The van der Waals surface area contributed by atoms with Gasteiger partial charge >= 0.3 is 0 Å². The largest absolute Gasteiger partial charge is 0.497 e. The molecule has 0 saturated heterocycles. The normalized spacial score (nSPS) is 9.67. The van der Waals surface area contributed by atoms with Crippen LogP contribution in [-0.2, 0) is 18.3 Å². The maximum atomic E-state index is 12.1. The maximum absolute atomic E-state index is 12.1. The van der Waals surface area contributed by atoms with Gasteiger partial charge in [-0.25, -0.2) is 0 Å². The molecule has 3 N–H and O–H groups in total. The molecule has 0 aliphatic heterocycles. The Labute approximate surface area is 154 Å². The monoisotopic (exact) mass is 374 g/mol. The number of hydrogen-bond acceptors (Lipinski definition) is 4. The van der Waals surface area contributed by atoms with Gasteiger partial charge in [-0.15, -0.1) is 24.8 Å². The summed E-state index contributed by atoms with van der Waals surface area (Å²) < 4.78 is 6.97. The van der Waals surface area contributed by atoms with E-state index in [2.05, 4.69) is 10.4 Å². The lowest BCUT2D eigenvalue weighted by Crippen LogP contribution is -2.14. The average molecular weight is 375 g/mol. The fourth-order valence-electron chi connectivity index (χ4n) is 2.40. The van der Waals surface area contributed by atoms with Crippen molar-refractivity contribution in [1.82, 2.24) is 9.78 Å². The molecule has 0 saturated carbocycles. The standard InChI is InChI=1S/C16H22N4O2.2ClH/c1-10-13(11(2)20(3)19-10)6-8-16(21)18-15-9-12(22-4)5-7-14(15)17;;/h5,7,9H,6,8,17H2,1-4H3,(H,18,21);2*1H. The zero-order valence-corrected chi connectivity index (χ0v) is 15.9. The summed E-state index contributed by atoms with van der Waals surface area (Å²) in [4.78, 5) is 12.1. The maximum Gasteiger partial charge on any atom is 0.224 e. The third-order valence-corrected chi connectivity index (χ3v) is 3.80. The number of rotatable bonds is 5. The van der Waals surface area contributed by atoms with Gasteiger partial charge in [0, 0.05) is 25.2 Å². The highest BCUT2D eigenvalue weighted by Gasteiger charge is 2.12. The molecule has 0 spiro atoms. The van der Waals surface area contributed by atoms with Crippen LogP contribution in [0.15, 0.2) is 18.2 Å². The molecule has 1 amide bonds. The zero-order chi connectivity index (χ0) is 16.3. The molecular weight excluding hydrogens is 351 g/mol. The number of ether oxygens (including phenoxy) is 1. The van der Waals surface area contributed by atoms with Gasteiger partial charge in [0.25, 0.3) is 0 Å². The summed E-state index contributed by atoms with van der Waals surface area (Å²) in [6.07, 6.45) is 1.03. The summed E-state index contributed by atoms with van der Waals surface area (Å²) >= 11 is 0. The van der Waals surface area contributed by atoms with E-state index in [9.17, 15) is 4.79 Å². The number of aryl methyl sites for hydroxylation is 2. The lowest BCUT2D eigenvalue weighted by molar-refractivity contribution is -0.116. The minimum atomic E-state index is -0.0809. The molecule has 2 aromatic rings. The quantitative estimate of drug-likeness (QED) is 0.787. The summed E-state index contributed by atoms with van der Waals surface area (Å²) in [6, 6.07) is 5.19. The van der Waals surface area contributed by atoms with Crippen LogP contribution in [-0.4, -0.2) is 22.8 Å². The van der Waals surface area contributed by atoms with Crippen LogP contribution in [0.1, 0.15) is 23.4 Å². The van der Waals surface area contributed by atoms with Crippen molar-refractivity contribution in [2.75, 3.05) is 18.2 Å². The Morgan fingerprint density at radius 1 is 1.33 bits per heavy atom. The first-order chi connectivity index (χ1) is 10.4. The summed E-state index contributed by atoms with van der Waals surface area (Å²) in [5.74, 6) is 0.575.